The van der Waals surface area contributed by atoms with E-state index in [1.54, 1.807) is 0 Å². The molecule has 0 radical (unpaired) electrons. The Labute approximate surface area is 132 Å². The topological polar surface area (TPSA) is 72.9 Å². The zero-order valence-electron chi connectivity index (χ0n) is 12.4. The van der Waals surface area contributed by atoms with Crippen LogP contribution in [0.25, 0.3) is 0 Å². The summed E-state index contributed by atoms with van der Waals surface area (Å²) in [6.45, 7) is 6.35. The molecule has 1 aromatic heterocycles. The lowest BCUT2D eigenvalue weighted by molar-refractivity contribution is -0.116. The van der Waals surface area contributed by atoms with Gasteiger partial charge in [0, 0.05) is 23.5 Å². The molecule has 2 aromatic rings. The molecule has 1 heterocycles. The summed E-state index contributed by atoms with van der Waals surface area (Å²) in [6.07, 6.45) is 0.364. The van der Waals surface area contributed by atoms with Gasteiger partial charge in [0.1, 0.15) is 0 Å². The van der Waals surface area contributed by atoms with Gasteiger partial charge in [0.2, 0.25) is 5.91 Å². The molecule has 0 aliphatic carbocycles. The number of halogens is 1. The van der Waals surface area contributed by atoms with Crippen LogP contribution < -0.4 is 11.1 Å². The Morgan fingerprint density at radius 2 is 2.10 bits per heavy atom. The number of carbonyl (C=O) groups excluding carboxylic acids is 1. The molecular formula is C15H19BrN4O. The second-order valence-electron chi connectivity index (χ2n) is 5.03. The summed E-state index contributed by atoms with van der Waals surface area (Å²) in [5.41, 5.74) is 10.1. The molecule has 0 unspecified atom stereocenters. The minimum Gasteiger partial charge on any atom is -0.398 e. The smallest absolute Gasteiger partial charge is 0.226 e. The molecule has 0 saturated heterocycles. The van der Waals surface area contributed by atoms with Gasteiger partial charge in [-0.1, -0.05) is 6.07 Å². The third-order valence-electron chi connectivity index (χ3n) is 3.49. The van der Waals surface area contributed by atoms with Crippen LogP contribution in [0.15, 0.2) is 22.7 Å². The molecule has 0 fully saturated rings. The zero-order valence-corrected chi connectivity index (χ0v) is 14.0. The second-order valence-corrected chi connectivity index (χ2v) is 5.82. The third-order valence-corrected chi connectivity index (χ3v) is 4.64. The van der Waals surface area contributed by atoms with E-state index in [9.17, 15) is 4.79 Å². The van der Waals surface area contributed by atoms with Crippen molar-refractivity contribution in [2.24, 2.45) is 0 Å². The number of carbonyl (C=O) groups is 1. The molecule has 0 saturated carbocycles. The lowest BCUT2D eigenvalue weighted by Crippen LogP contribution is -2.16. The van der Waals surface area contributed by atoms with Crippen LogP contribution in [0, 0.1) is 20.8 Å². The number of nitrogens with one attached hydrogen (secondary N) is 1. The first-order valence-corrected chi connectivity index (χ1v) is 7.54. The third kappa shape index (κ3) is 3.44. The summed E-state index contributed by atoms with van der Waals surface area (Å²) < 4.78 is 2.83. The van der Waals surface area contributed by atoms with Gasteiger partial charge >= 0.3 is 0 Å². The second kappa shape index (κ2) is 6.30. The first kappa shape index (κ1) is 15.6. The van der Waals surface area contributed by atoms with E-state index in [0.717, 1.165) is 27.1 Å². The summed E-state index contributed by atoms with van der Waals surface area (Å²) >= 11 is 3.48. The Morgan fingerprint density at radius 3 is 2.71 bits per heavy atom. The summed E-state index contributed by atoms with van der Waals surface area (Å²) in [7, 11) is 0. The van der Waals surface area contributed by atoms with Crippen molar-refractivity contribution in [3.05, 3.63) is 39.6 Å². The highest BCUT2D eigenvalue weighted by molar-refractivity contribution is 9.10. The van der Waals surface area contributed by atoms with E-state index in [0.29, 0.717) is 18.7 Å². The van der Waals surface area contributed by atoms with Crippen LogP contribution in [0.2, 0.25) is 0 Å². The molecule has 112 valence electrons. The largest absolute Gasteiger partial charge is 0.398 e. The fourth-order valence-corrected chi connectivity index (χ4v) is 2.39. The van der Waals surface area contributed by atoms with Crippen molar-refractivity contribution in [2.45, 2.75) is 33.7 Å². The van der Waals surface area contributed by atoms with E-state index in [1.165, 1.54) is 0 Å². The maximum Gasteiger partial charge on any atom is 0.226 e. The number of nitrogens with two attached hydrogens (primary N) is 1. The van der Waals surface area contributed by atoms with Gasteiger partial charge in [-0.15, -0.1) is 0 Å². The molecule has 6 heteroatoms. The van der Waals surface area contributed by atoms with Gasteiger partial charge in [0.05, 0.1) is 16.7 Å². The first-order chi connectivity index (χ1) is 9.90. The number of aromatic nitrogens is 2. The molecule has 1 aromatic carbocycles. The molecule has 0 spiro atoms. The number of rotatable bonds is 4. The van der Waals surface area contributed by atoms with E-state index >= 15 is 0 Å². The van der Waals surface area contributed by atoms with Crippen LogP contribution in [0.3, 0.4) is 0 Å². The maximum atomic E-state index is 12.0. The molecule has 2 rings (SSSR count). The molecule has 0 atom stereocenters. The number of aryl methyl sites for hydroxylation is 2. The molecular weight excluding hydrogens is 332 g/mol. The van der Waals surface area contributed by atoms with Crippen LogP contribution in [0.4, 0.5) is 11.4 Å². The average Bonchev–Trinajstić information content (AvgIpc) is 2.69. The fraction of sp³-hybridized carbons (Fsp3) is 0.333. The van der Waals surface area contributed by atoms with E-state index in [-0.39, 0.29) is 5.91 Å². The average molecular weight is 351 g/mol. The molecule has 3 N–H and O–H groups in total. The molecule has 0 aliphatic heterocycles. The van der Waals surface area contributed by atoms with Crippen LogP contribution in [0.1, 0.15) is 23.4 Å². The number of amides is 1. The maximum absolute atomic E-state index is 12.0. The summed E-state index contributed by atoms with van der Waals surface area (Å²) in [5.74, 6) is -0.0487. The van der Waals surface area contributed by atoms with Crippen LogP contribution in [0.5, 0.6) is 0 Å². The highest BCUT2D eigenvalue weighted by Gasteiger charge is 2.11. The van der Waals surface area contributed by atoms with Crippen molar-refractivity contribution < 1.29 is 4.79 Å². The Kier molecular flexibility index (Phi) is 4.67. The van der Waals surface area contributed by atoms with E-state index in [1.807, 2.05) is 43.7 Å². The van der Waals surface area contributed by atoms with E-state index in [4.69, 9.17) is 5.73 Å². The number of hydrogen-bond donors (Lipinski definition) is 2. The molecule has 1 amide bonds. The lowest BCUT2D eigenvalue weighted by atomic mass is 10.1. The van der Waals surface area contributed by atoms with Crippen LogP contribution in [-0.2, 0) is 11.3 Å². The van der Waals surface area contributed by atoms with Gasteiger partial charge in [-0.25, -0.2) is 0 Å². The van der Waals surface area contributed by atoms with Crippen molar-refractivity contribution >= 4 is 33.2 Å². The highest BCUT2D eigenvalue weighted by atomic mass is 79.9. The molecule has 5 nitrogen and oxygen atoms in total. The van der Waals surface area contributed by atoms with Gasteiger partial charge in [0.15, 0.2) is 0 Å². The van der Waals surface area contributed by atoms with Crippen LogP contribution >= 0.6 is 15.9 Å². The van der Waals surface area contributed by atoms with Gasteiger partial charge in [-0.3, -0.25) is 9.48 Å². The highest BCUT2D eigenvalue weighted by Crippen LogP contribution is 2.21. The predicted octanol–water partition coefficient (Wildman–Crippen LogP) is 3.18. The van der Waals surface area contributed by atoms with E-state index in [2.05, 4.69) is 26.3 Å². The van der Waals surface area contributed by atoms with Crippen molar-refractivity contribution in [1.29, 1.82) is 0 Å². The number of nitrogen functional groups attached to an aromatic ring is 1. The van der Waals surface area contributed by atoms with Crippen molar-refractivity contribution in [3.8, 4) is 0 Å². The minimum atomic E-state index is -0.0487. The number of benzene rings is 1. The number of hydrogen-bond acceptors (Lipinski definition) is 3. The minimum absolute atomic E-state index is 0.0487. The standard InChI is InChI=1S/C15H19BrN4O/c1-9-12(17)5-4-6-13(9)18-14(21)7-8-20-11(3)15(16)10(2)19-20/h4-6H,7-8,17H2,1-3H3,(H,18,21). The fourth-order valence-electron chi connectivity index (χ4n) is 2.10. The Bertz CT molecular complexity index is 679. The summed E-state index contributed by atoms with van der Waals surface area (Å²) in [6, 6.07) is 5.50. The van der Waals surface area contributed by atoms with E-state index < -0.39 is 0 Å². The van der Waals surface area contributed by atoms with Crippen LogP contribution in [-0.4, -0.2) is 15.7 Å². The monoisotopic (exact) mass is 350 g/mol. The van der Waals surface area contributed by atoms with Gasteiger partial charge in [-0.2, -0.15) is 5.10 Å². The predicted molar refractivity (Wildman–Crippen MR) is 88.2 cm³/mol. The Morgan fingerprint density at radius 1 is 1.38 bits per heavy atom. The molecule has 0 bridgehead atoms. The SMILES string of the molecule is Cc1nn(CCC(=O)Nc2cccc(N)c2C)c(C)c1Br. The van der Waals surface area contributed by atoms with Gasteiger partial charge in [-0.05, 0) is 54.4 Å². The van der Waals surface area contributed by atoms with Gasteiger partial charge in [0.25, 0.3) is 0 Å². The molecule has 21 heavy (non-hydrogen) atoms. The normalized spacial score (nSPS) is 10.7. The van der Waals surface area contributed by atoms with Crippen molar-refractivity contribution in [1.82, 2.24) is 9.78 Å². The molecule has 0 aliphatic rings. The quantitative estimate of drug-likeness (QED) is 0.831. The summed E-state index contributed by atoms with van der Waals surface area (Å²) in [4.78, 5) is 12.0. The van der Waals surface area contributed by atoms with Crippen molar-refractivity contribution in [3.63, 3.8) is 0 Å². The summed E-state index contributed by atoms with van der Waals surface area (Å²) in [5, 5.41) is 7.28. The van der Waals surface area contributed by atoms with Crippen molar-refractivity contribution in [2.75, 3.05) is 11.1 Å². The Balaban J connectivity index is 1.99. The zero-order chi connectivity index (χ0) is 15.6. The Hall–Kier alpha value is -1.82. The first-order valence-electron chi connectivity index (χ1n) is 6.74. The van der Waals surface area contributed by atoms with Gasteiger partial charge < -0.3 is 11.1 Å². The number of anilines is 2. The lowest BCUT2D eigenvalue weighted by Gasteiger charge is -2.10. The number of nitrogens with zero attached hydrogens (tertiary/aromatic N) is 2.